The van der Waals surface area contributed by atoms with E-state index in [-0.39, 0.29) is 12.0 Å². The van der Waals surface area contributed by atoms with E-state index in [1.54, 1.807) is 6.07 Å². The summed E-state index contributed by atoms with van der Waals surface area (Å²) in [6, 6.07) is 5.64. The number of carbonyl (C=O) groups excluding carboxylic acids is 2. The highest BCUT2D eigenvalue weighted by molar-refractivity contribution is 6.26. The molecule has 1 aromatic rings. The summed E-state index contributed by atoms with van der Waals surface area (Å²) >= 11 is 0. The van der Waals surface area contributed by atoms with E-state index in [1.165, 1.54) is 18.2 Å². The molecule has 1 aliphatic rings. The number of carbonyl (C=O) groups is 2. The Kier molecular flexibility index (Phi) is 6.94. The van der Waals surface area contributed by atoms with Crippen molar-refractivity contribution in [2.45, 2.75) is 38.8 Å². The number of methoxy groups -OCH3 is 1. The molecule has 7 heteroatoms. The van der Waals surface area contributed by atoms with Gasteiger partial charge in [-0.3, -0.25) is 9.69 Å². The van der Waals surface area contributed by atoms with Gasteiger partial charge in [0.25, 0.3) is 5.91 Å². The highest BCUT2D eigenvalue weighted by atomic mass is 16.5. The standard InChI is InChI=1S/C18H25N3O4/c1-13(20-17(22)10-19-24)11-21-8-4-3-5-14-9-15(18(23)25-2)6-7-16(14)12-21/h6-7,9-10,13,24H,3-5,8,11-12H2,1-2H3,(H,20,22)/b19-10-/t13-/m0/s1. The van der Waals surface area contributed by atoms with Gasteiger partial charge in [-0.05, 0) is 56.0 Å². The quantitative estimate of drug-likeness (QED) is 0.365. The van der Waals surface area contributed by atoms with Crippen LogP contribution in [0.1, 0.15) is 41.3 Å². The van der Waals surface area contributed by atoms with Crippen molar-refractivity contribution >= 4 is 18.1 Å². The predicted molar refractivity (Wildman–Crippen MR) is 93.9 cm³/mol. The van der Waals surface area contributed by atoms with Gasteiger partial charge in [0.1, 0.15) is 6.21 Å². The lowest BCUT2D eigenvalue weighted by Crippen LogP contribution is -2.42. The first kappa shape index (κ1) is 18.9. The first-order chi connectivity index (χ1) is 12.0. The van der Waals surface area contributed by atoms with Crippen LogP contribution in [0, 0.1) is 0 Å². The molecule has 0 unspecified atom stereocenters. The van der Waals surface area contributed by atoms with Gasteiger partial charge in [-0.25, -0.2) is 4.79 Å². The van der Waals surface area contributed by atoms with E-state index in [1.807, 2.05) is 19.1 Å². The highest BCUT2D eigenvalue weighted by Crippen LogP contribution is 2.20. The minimum absolute atomic E-state index is 0.0669. The average Bonchev–Trinajstić information content (AvgIpc) is 2.56. The number of esters is 1. The summed E-state index contributed by atoms with van der Waals surface area (Å²) in [6.07, 6.45) is 3.91. The third-order valence-electron chi connectivity index (χ3n) is 4.29. The molecule has 1 heterocycles. The number of hydrogen-bond acceptors (Lipinski definition) is 6. The molecule has 1 aromatic carbocycles. The molecule has 1 amide bonds. The molecule has 0 fully saturated rings. The smallest absolute Gasteiger partial charge is 0.337 e. The van der Waals surface area contributed by atoms with Crippen molar-refractivity contribution < 1.29 is 19.5 Å². The van der Waals surface area contributed by atoms with Crippen LogP contribution in [-0.4, -0.2) is 54.4 Å². The van der Waals surface area contributed by atoms with E-state index in [4.69, 9.17) is 9.94 Å². The van der Waals surface area contributed by atoms with Crippen LogP contribution in [0.3, 0.4) is 0 Å². The summed E-state index contributed by atoms with van der Waals surface area (Å²) in [6.45, 7) is 4.34. The van der Waals surface area contributed by atoms with Gasteiger partial charge >= 0.3 is 5.97 Å². The lowest BCUT2D eigenvalue weighted by molar-refractivity contribution is -0.115. The van der Waals surface area contributed by atoms with Crippen molar-refractivity contribution in [1.29, 1.82) is 0 Å². The second kappa shape index (κ2) is 9.17. The predicted octanol–water partition coefficient (Wildman–Crippen LogP) is 1.58. The fraction of sp³-hybridized carbons (Fsp3) is 0.500. The van der Waals surface area contributed by atoms with Gasteiger partial charge in [0, 0.05) is 19.1 Å². The monoisotopic (exact) mass is 347 g/mol. The van der Waals surface area contributed by atoms with Crippen molar-refractivity contribution in [2.24, 2.45) is 5.16 Å². The fourth-order valence-corrected chi connectivity index (χ4v) is 3.15. The minimum atomic E-state index is -0.412. The number of ether oxygens (including phenoxy) is 1. The molecule has 0 aliphatic carbocycles. The molecule has 0 saturated heterocycles. The van der Waals surface area contributed by atoms with Gasteiger partial charge < -0.3 is 15.3 Å². The van der Waals surface area contributed by atoms with Gasteiger partial charge in [-0.2, -0.15) is 0 Å². The van der Waals surface area contributed by atoms with E-state index in [9.17, 15) is 9.59 Å². The Bertz CT molecular complexity index is 645. The molecule has 0 spiro atoms. The van der Waals surface area contributed by atoms with Crippen LogP contribution < -0.4 is 5.32 Å². The number of nitrogens with one attached hydrogen (secondary N) is 1. The second-order valence-corrected chi connectivity index (χ2v) is 6.32. The van der Waals surface area contributed by atoms with Gasteiger partial charge in [0.05, 0.1) is 12.7 Å². The molecule has 2 N–H and O–H groups in total. The van der Waals surface area contributed by atoms with Gasteiger partial charge in [-0.15, -0.1) is 0 Å². The molecule has 1 atom stereocenters. The number of hydrogen-bond donors (Lipinski definition) is 2. The molecule has 0 saturated carbocycles. The molecular weight excluding hydrogens is 322 g/mol. The average molecular weight is 347 g/mol. The Hall–Kier alpha value is -2.41. The van der Waals surface area contributed by atoms with Crippen molar-refractivity contribution in [3.8, 4) is 0 Å². The van der Waals surface area contributed by atoms with Crippen LogP contribution in [0.2, 0.25) is 0 Å². The van der Waals surface area contributed by atoms with E-state index < -0.39 is 5.91 Å². The minimum Gasteiger partial charge on any atom is -0.465 e. The molecule has 25 heavy (non-hydrogen) atoms. The first-order valence-electron chi connectivity index (χ1n) is 8.44. The van der Waals surface area contributed by atoms with Gasteiger partial charge in [0.15, 0.2) is 0 Å². The van der Waals surface area contributed by atoms with Crippen LogP contribution >= 0.6 is 0 Å². The normalized spacial score (nSPS) is 16.6. The van der Waals surface area contributed by atoms with Crippen molar-refractivity contribution in [1.82, 2.24) is 10.2 Å². The zero-order chi connectivity index (χ0) is 18.2. The third-order valence-corrected chi connectivity index (χ3v) is 4.29. The summed E-state index contributed by atoms with van der Waals surface area (Å²) in [5.41, 5.74) is 2.96. The molecule has 0 radical (unpaired) electrons. The Balaban J connectivity index is 2.06. The maximum atomic E-state index is 11.7. The van der Waals surface area contributed by atoms with Gasteiger partial charge in [-0.1, -0.05) is 11.2 Å². The topological polar surface area (TPSA) is 91.2 Å². The maximum absolute atomic E-state index is 11.7. The molecule has 0 bridgehead atoms. The van der Waals surface area contributed by atoms with Crippen molar-refractivity contribution in [3.05, 3.63) is 34.9 Å². The fourth-order valence-electron chi connectivity index (χ4n) is 3.15. The molecule has 0 aromatic heterocycles. The lowest BCUT2D eigenvalue weighted by Gasteiger charge is -2.29. The lowest BCUT2D eigenvalue weighted by atomic mass is 9.96. The zero-order valence-electron chi connectivity index (χ0n) is 14.7. The van der Waals surface area contributed by atoms with Crippen LogP contribution in [0.25, 0.3) is 0 Å². The number of nitrogens with zero attached hydrogens (tertiary/aromatic N) is 2. The van der Waals surface area contributed by atoms with Crippen LogP contribution in [0.15, 0.2) is 23.4 Å². The second-order valence-electron chi connectivity index (χ2n) is 6.32. The van der Waals surface area contributed by atoms with Gasteiger partial charge in [0.2, 0.25) is 0 Å². The van der Waals surface area contributed by atoms with E-state index in [0.29, 0.717) is 12.1 Å². The number of oxime groups is 1. The molecule has 1 aliphatic heterocycles. The number of rotatable bonds is 5. The van der Waals surface area contributed by atoms with Crippen LogP contribution in [0.5, 0.6) is 0 Å². The number of benzene rings is 1. The van der Waals surface area contributed by atoms with Crippen molar-refractivity contribution in [3.63, 3.8) is 0 Å². The largest absolute Gasteiger partial charge is 0.465 e. The zero-order valence-corrected chi connectivity index (χ0v) is 14.7. The number of fused-ring (bicyclic) bond motifs is 1. The maximum Gasteiger partial charge on any atom is 0.337 e. The van der Waals surface area contributed by atoms with Crippen molar-refractivity contribution in [2.75, 3.05) is 20.2 Å². The summed E-state index contributed by atoms with van der Waals surface area (Å²) in [4.78, 5) is 25.5. The third kappa shape index (κ3) is 5.56. The molecular formula is C18H25N3O4. The highest BCUT2D eigenvalue weighted by Gasteiger charge is 2.17. The molecule has 2 rings (SSSR count). The summed E-state index contributed by atoms with van der Waals surface area (Å²) in [5, 5.41) is 13.9. The van der Waals surface area contributed by atoms with E-state index in [2.05, 4.69) is 15.4 Å². The Morgan fingerprint density at radius 1 is 1.40 bits per heavy atom. The van der Waals surface area contributed by atoms with Crippen LogP contribution in [0.4, 0.5) is 0 Å². The molecule has 7 nitrogen and oxygen atoms in total. The molecule has 136 valence electrons. The first-order valence-corrected chi connectivity index (χ1v) is 8.44. The van der Waals surface area contributed by atoms with E-state index in [0.717, 1.165) is 38.6 Å². The van der Waals surface area contributed by atoms with E-state index >= 15 is 0 Å². The van der Waals surface area contributed by atoms with Crippen LogP contribution in [-0.2, 0) is 22.5 Å². The Labute approximate surface area is 147 Å². The Morgan fingerprint density at radius 3 is 2.92 bits per heavy atom. The Morgan fingerprint density at radius 2 is 2.20 bits per heavy atom. The summed E-state index contributed by atoms with van der Waals surface area (Å²) < 4.78 is 4.80. The summed E-state index contributed by atoms with van der Waals surface area (Å²) in [7, 11) is 1.39. The summed E-state index contributed by atoms with van der Waals surface area (Å²) in [5.74, 6) is -0.728. The SMILES string of the molecule is COC(=O)c1ccc2c(c1)CCCCN(C[C@H](C)NC(=O)/C=N\O)C2. The number of aryl methyl sites for hydroxylation is 1. The number of amides is 1.